The zero-order valence-corrected chi connectivity index (χ0v) is 7.74. The van der Waals surface area contributed by atoms with Gasteiger partial charge in [-0.3, -0.25) is 0 Å². The van der Waals surface area contributed by atoms with Crippen molar-refractivity contribution in [1.29, 1.82) is 0 Å². The SMILES string of the molecule is COc1cc2c(cc1C(=O)O)COC2. The molecule has 0 bridgehead atoms. The Hall–Kier alpha value is -1.55. The Kier molecular flexibility index (Phi) is 2.13. The van der Waals surface area contributed by atoms with Gasteiger partial charge in [0.1, 0.15) is 11.3 Å². The summed E-state index contributed by atoms with van der Waals surface area (Å²) in [6.45, 7) is 1.02. The highest BCUT2D eigenvalue weighted by molar-refractivity contribution is 5.91. The largest absolute Gasteiger partial charge is 0.496 e. The molecule has 74 valence electrons. The van der Waals surface area contributed by atoms with Gasteiger partial charge in [0, 0.05) is 0 Å². The molecule has 4 heteroatoms. The van der Waals surface area contributed by atoms with Gasteiger partial charge >= 0.3 is 5.97 Å². The van der Waals surface area contributed by atoms with Crippen LogP contribution in [0.1, 0.15) is 21.5 Å². The topological polar surface area (TPSA) is 55.8 Å². The molecule has 0 amide bonds. The second-order valence-corrected chi connectivity index (χ2v) is 3.12. The van der Waals surface area contributed by atoms with Gasteiger partial charge < -0.3 is 14.6 Å². The Balaban J connectivity index is 2.54. The first-order valence-corrected chi connectivity index (χ1v) is 4.23. The second kappa shape index (κ2) is 3.31. The summed E-state index contributed by atoms with van der Waals surface area (Å²) in [6.07, 6.45) is 0. The summed E-state index contributed by atoms with van der Waals surface area (Å²) in [7, 11) is 1.46. The minimum Gasteiger partial charge on any atom is -0.496 e. The average Bonchev–Trinajstić information content (AvgIpc) is 2.62. The first kappa shape index (κ1) is 9.02. The predicted octanol–water partition coefficient (Wildman–Crippen LogP) is 1.42. The van der Waals surface area contributed by atoms with Gasteiger partial charge in [0.05, 0.1) is 20.3 Å². The third kappa shape index (κ3) is 1.33. The molecule has 2 rings (SSSR count). The van der Waals surface area contributed by atoms with E-state index in [1.165, 1.54) is 7.11 Å². The van der Waals surface area contributed by atoms with Crippen LogP contribution in [0.5, 0.6) is 5.75 Å². The molecule has 0 radical (unpaired) electrons. The van der Waals surface area contributed by atoms with E-state index in [4.69, 9.17) is 14.6 Å². The molecule has 1 N–H and O–H groups in total. The van der Waals surface area contributed by atoms with Crippen LogP contribution < -0.4 is 4.74 Å². The van der Waals surface area contributed by atoms with E-state index in [9.17, 15) is 4.79 Å². The van der Waals surface area contributed by atoms with Crippen molar-refractivity contribution >= 4 is 5.97 Å². The number of ether oxygens (including phenoxy) is 2. The molecular formula is C10H10O4. The van der Waals surface area contributed by atoms with Crippen LogP contribution in [0, 0.1) is 0 Å². The van der Waals surface area contributed by atoms with Crippen molar-refractivity contribution in [2.24, 2.45) is 0 Å². The van der Waals surface area contributed by atoms with Crippen molar-refractivity contribution in [1.82, 2.24) is 0 Å². The van der Waals surface area contributed by atoms with Crippen LogP contribution in [-0.2, 0) is 18.0 Å². The number of methoxy groups -OCH3 is 1. The zero-order valence-electron chi connectivity index (χ0n) is 7.74. The van der Waals surface area contributed by atoms with Crippen LogP contribution in [-0.4, -0.2) is 18.2 Å². The summed E-state index contributed by atoms with van der Waals surface area (Å²) in [6, 6.07) is 3.34. The lowest BCUT2D eigenvalue weighted by atomic mass is 10.1. The molecule has 1 aromatic rings. The van der Waals surface area contributed by atoms with Gasteiger partial charge in [0.15, 0.2) is 0 Å². The smallest absolute Gasteiger partial charge is 0.339 e. The van der Waals surface area contributed by atoms with Crippen LogP contribution >= 0.6 is 0 Å². The van der Waals surface area contributed by atoms with Crippen molar-refractivity contribution < 1.29 is 19.4 Å². The van der Waals surface area contributed by atoms with Crippen LogP contribution in [0.25, 0.3) is 0 Å². The van der Waals surface area contributed by atoms with Gasteiger partial charge in [-0.15, -0.1) is 0 Å². The number of hydrogen-bond acceptors (Lipinski definition) is 3. The molecule has 0 aromatic heterocycles. The standard InChI is InChI=1S/C10H10O4/c1-13-9-3-7-5-14-4-6(7)2-8(9)10(11)12/h2-3H,4-5H2,1H3,(H,11,12). The Labute approximate surface area is 81.1 Å². The normalized spacial score (nSPS) is 13.8. The Morgan fingerprint density at radius 2 is 2.07 bits per heavy atom. The molecule has 0 unspecified atom stereocenters. The number of carboxylic acids is 1. The maximum atomic E-state index is 10.9. The Morgan fingerprint density at radius 3 is 2.64 bits per heavy atom. The lowest BCUT2D eigenvalue weighted by Gasteiger charge is -2.06. The number of carbonyl (C=O) groups is 1. The van der Waals surface area contributed by atoms with E-state index in [-0.39, 0.29) is 5.56 Å². The third-order valence-electron chi connectivity index (χ3n) is 2.27. The quantitative estimate of drug-likeness (QED) is 0.773. The van der Waals surface area contributed by atoms with Gasteiger partial charge in [-0.25, -0.2) is 4.79 Å². The van der Waals surface area contributed by atoms with Gasteiger partial charge in [0.25, 0.3) is 0 Å². The highest BCUT2D eigenvalue weighted by atomic mass is 16.5. The number of benzene rings is 1. The number of carboxylic acid groups (broad SMARTS) is 1. The monoisotopic (exact) mass is 194 g/mol. The highest BCUT2D eigenvalue weighted by Gasteiger charge is 2.18. The maximum absolute atomic E-state index is 10.9. The number of rotatable bonds is 2. The fourth-order valence-electron chi connectivity index (χ4n) is 1.54. The van der Waals surface area contributed by atoms with E-state index in [2.05, 4.69) is 0 Å². The highest BCUT2D eigenvalue weighted by Crippen LogP contribution is 2.28. The van der Waals surface area contributed by atoms with Crippen LogP contribution in [0.3, 0.4) is 0 Å². The summed E-state index contributed by atoms with van der Waals surface area (Å²) >= 11 is 0. The lowest BCUT2D eigenvalue weighted by Crippen LogP contribution is -2.02. The molecule has 0 spiro atoms. The van der Waals surface area contributed by atoms with Crippen LogP contribution in [0.4, 0.5) is 0 Å². The van der Waals surface area contributed by atoms with E-state index >= 15 is 0 Å². The van der Waals surface area contributed by atoms with Gasteiger partial charge in [0.2, 0.25) is 0 Å². The molecule has 4 nitrogen and oxygen atoms in total. The molecule has 1 aliphatic heterocycles. The van der Waals surface area contributed by atoms with Gasteiger partial charge in [-0.2, -0.15) is 0 Å². The van der Waals surface area contributed by atoms with E-state index in [0.29, 0.717) is 19.0 Å². The molecule has 0 fully saturated rings. The van der Waals surface area contributed by atoms with E-state index in [0.717, 1.165) is 11.1 Å². The number of hydrogen-bond donors (Lipinski definition) is 1. The summed E-state index contributed by atoms with van der Waals surface area (Å²) in [5.74, 6) is -0.585. The maximum Gasteiger partial charge on any atom is 0.339 e. The zero-order chi connectivity index (χ0) is 10.1. The molecule has 0 atom stereocenters. The summed E-state index contributed by atoms with van der Waals surface area (Å²) in [5, 5.41) is 8.91. The van der Waals surface area contributed by atoms with Crippen LogP contribution in [0.15, 0.2) is 12.1 Å². The van der Waals surface area contributed by atoms with Crippen molar-refractivity contribution in [2.75, 3.05) is 7.11 Å². The summed E-state index contributed by atoms with van der Waals surface area (Å²) < 4.78 is 10.2. The molecule has 0 saturated carbocycles. The third-order valence-corrected chi connectivity index (χ3v) is 2.27. The van der Waals surface area contributed by atoms with E-state index in [1.54, 1.807) is 12.1 Å². The van der Waals surface area contributed by atoms with Gasteiger partial charge in [-0.1, -0.05) is 0 Å². The molecule has 1 heterocycles. The second-order valence-electron chi connectivity index (χ2n) is 3.12. The number of fused-ring (bicyclic) bond motifs is 1. The minimum absolute atomic E-state index is 0.191. The van der Waals surface area contributed by atoms with Crippen LogP contribution in [0.2, 0.25) is 0 Å². The fourth-order valence-corrected chi connectivity index (χ4v) is 1.54. The summed E-state index contributed by atoms with van der Waals surface area (Å²) in [4.78, 5) is 10.9. The fraction of sp³-hybridized carbons (Fsp3) is 0.300. The molecule has 1 aromatic carbocycles. The van der Waals surface area contributed by atoms with Crippen molar-refractivity contribution in [2.45, 2.75) is 13.2 Å². The first-order chi connectivity index (χ1) is 6.72. The average molecular weight is 194 g/mol. The van der Waals surface area contributed by atoms with Crippen molar-refractivity contribution in [3.05, 3.63) is 28.8 Å². The lowest BCUT2D eigenvalue weighted by molar-refractivity contribution is 0.0693. The molecule has 1 aliphatic rings. The minimum atomic E-state index is -0.975. The molecule has 0 aliphatic carbocycles. The molecular weight excluding hydrogens is 184 g/mol. The van der Waals surface area contributed by atoms with Gasteiger partial charge in [-0.05, 0) is 23.3 Å². The Morgan fingerprint density at radius 1 is 1.43 bits per heavy atom. The first-order valence-electron chi connectivity index (χ1n) is 4.23. The van der Waals surface area contributed by atoms with E-state index in [1.807, 2.05) is 0 Å². The summed E-state index contributed by atoms with van der Waals surface area (Å²) in [5.41, 5.74) is 2.13. The van der Waals surface area contributed by atoms with Crippen molar-refractivity contribution in [3.63, 3.8) is 0 Å². The molecule has 0 saturated heterocycles. The Bertz CT molecular complexity index is 384. The van der Waals surface area contributed by atoms with E-state index < -0.39 is 5.97 Å². The number of aromatic carboxylic acids is 1. The molecule has 14 heavy (non-hydrogen) atoms. The van der Waals surface area contributed by atoms with Crippen molar-refractivity contribution in [3.8, 4) is 5.75 Å². The predicted molar refractivity (Wildman–Crippen MR) is 48.4 cm³/mol.